The van der Waals surface area contributed by atoms with Crippen LogP contribution in [0.5, 0.6) is 0 Å². The molecule has 0 bridgehead atoms. The van der Waals surface area contributed by atoms with E-state index in [-0.39, 0.29) is 11.8 Å². The zero-order valence-corrected chi connectivity index (χ0v) is 13.4. The molecule has 1 amide bonds. The quantitative estimate of drug-likeness (QED) is 0.727. The van der Waals surface area contributed by atoms with E-state index in [0.717, 1.165) is 21.8 Å². The van der Waals surface area contributed by atoms with E-state index in [1.54, 1.807) is 17.5 Å². The molecule has 1 aliphatic heterocycles. The first kappa shape index (κ1) is 14.2. The molecule has 2 heterocycles. The summed E-state index contributed by atoms with van der Waals surface area (Å²) in [5, 5.41) is 2.97. The number of carbonyl (C=O) groups is 1. The maximum atomic E-state index is 13.0. The summed E-state index contributed by atoms with van der Waals surface area (Å²) in [5.74, 6) is 0.0475. The average molecular weight is 320 g/mol. The van der Waals surface area contributed by atoms with Crippen molar-refractivity contribution in [3.8, 4) is 0 Å². The largest absolute Gasteiger partial charge is 0.307 e. The Morgan fingerprint density at radius 1 is 1.04 bits per heavy atom. The molecule has 23 heavy (non-hydrogen) atoms. The van der Waals surface area contributed by atoms with Crippen LogP contribution in [0.2, 0.25) is 0 Å². The molecule has 3 nitrogen and oxygen atoms in total. The molecule has 2 aromatic carbocycles. The lowest BCUT2D eigenvalue weighted by atomic mass is 9.98. The van der Waals surface area contributed by atoms with Gasteiger partial charge in [0.05, 0.1) is 17.5 Å². The van der Waals surface area contributed by atoms with Crippen molar-refractivity contribution in [2.24, 2.45) is 0 Å². The standard InChI is InChI=1S/C19H16N2OS/c22-19-16(12-18-20-10-11-23-18)15-8-4-5-9-17(15)21(19)13-14-6-2-1-3-7-14/h1-11,16H,12-13H2/t16-/m0/s1. The fraction of sp³-hybridized carbons (Fsp3) is 0.158. The monoisotopic (exact) mass is 320 g/mol. The third kappa shape index (κ3) is 2.66. The van der Waals surface area contributed by atoms with Crippen molar-refractivity contribution >= 4 is 22.9 Å². The highest BCUT2D eigenvalue weighted by molar-refractivity contribution is 7.09. The number of hydrogen-bond acceptors (Lipinski definition) is 3. The Balaban J connectivity index is 1.67. The zero-order valence-electron chi connectivity index (χ0n) is 12.6. The second-order valence-corrected chi connectivity index (χ2v) is 6.63. The van der Waals surface area contributed by atoms with Gasteiger partial charge in [0, 0.05) is 23.7 Å². The molecule has 4 rings (SSSR count). The Bertz CT molecular complexity index is 814. The van der Waals surface area contributed by atoms with Crippen LogP contribution >= 0.6 is 11.3 Å². The number of aromatic nitrogens is 1. The topological polar surface area (TPSA) is 33.2 Å². The molecule has 1 aromatic heterocycles. The number of hydrogen-bond donors (Lipinski definition) is 0. The van der Waals surface area contributed by atoms with Gasteiger partial charge in [-0.2, -0.15) is 0 Å². The van der Waals surface area contributed by atoms with E-state index < -0.39 is 0 Å². The van der Waals surface area contributed by atoms with Crippen molar-refractivity contribution in [2.75, 3.05) is 4.90 Å². The lowest BCUT2D eigenvalue weighted by Gasteiger charge is -2.18. The Morgan fingerprint density at radius 3 is 2.61 bits per heavy atom. The van der Waals surface area contributed by atoms with Crippen LogP contribution < -0.4 is 4.90 Å². The second kappa shape index (κ2) is 5.97. The first-order chi connectivity index (χ1) is 11.3. The fourth-order valence-corrected chi connectivity index (χ4v) is 3.79. The molecular formula is C19H16N2OS. The van der Waals surface area contributed by atoms with Crippen molar-refractivity contribution in [1.29, 1.82) is 0 Å². The predicted molar refractivity (Wildman–Crippen MR) is 92.6 cm³/mol. The smallest absolute Gasteiger partial charge is 0.235 e. The van der Waals surface area contributed by atoms with Crippen LogP contribution in [0.4, 0.5) is 5.69 Å². The van der Waals surface area contributed by atoms with Crippen LogP contribution in [0.15, 0.2) is 66.2 Å². The van der Waals surface area contributed by atoms with Gasteiger partial charge in [0.1, 0.15) is 0 Å². The van der Waals surface area contributed by atoms with Gasteiger partial charge >= 0.3 is 0 Å². The van der Waals surface area contributed by atoms with E-state index in [9.17, 15) is 4.79 Å². The van der Waals surface area contributed by atoms with Crippen molar-refractivity contribution in [1.82, 2.24) is 4.98 Å². The van der Waals surface area contributed by atoms with Gasteiger partial charge < -0.3 is 4.90 Å². The van der Waals surface area contributed by atoms with Gasteiger partial charge in [-0.15, -0.1) is 11.3 Å². The minimum absolute atomic E-state index is 0.124. The number of benzene rings is 2. The fourth-order valence-electron chi connectivity index (χ4n) is 3.12. The summed E-state index contributed by atoms with van der Waals surface area (Å²) in [7, 11) is 0. The van der Waals surface area contributed by atoms with Gasteiger partial charge in [-0.3, -0.25) is 4.79 Å². The summed E-state index contributed by atoms with van der Waals surface area (Å²) in [5.41, 5.74) is 3.29. The molecule has 0 unspecified atom stereocenters. The van der Waals surface area contributed by atoms with Gasteiger partial charge in [-0.1, -0.05) is 48.5 Å². The van der Waals surface area contributed by atoms with E-state index >= 15 is 0 Å². The average Bonchev–Trinajstić information content (AvgIpc) is 3.19. The molecule has 0 spiro atoms. The van der Waals surface area contributed by atoms with Crippen LogP contribution in [0, 0.1) is 0 Å². The Hall–Kier alpha value is -2.46. The summed E-state index contributed by atoms with van der Waals surface area (Å²) in [6, 6.07) is 18.2. The van der Waals surface area contributed by atoms with Crippen LogP contribution in [-0.2, 0) is 17.8 Å². The van der Waals surface area contributed by atoms with Crippen LogP contribution in [0.3, 0.4) is 0 Å². The van der Waals surface area contributed by atoms with Crippen molar-refractivity contribution in [2.45, 2.75) is 18.9 Å². The predicted octanol–water partition coefficient (Wildman–Crippen LogP) is 4.02. The third-order valence-electron chi connectivity index (χ3n) is 4.21. The molecule has 0 N–H and O–H groups in total. The molecular weight excluding hydrogens is 304 g/mol. The third-order valence-corrected chi connectivity index (χ3v) is 5.01. The first-order valence-corrected chi connectivity index (χ1v) is 8.53. The molecule has 0 fully saturated rings. The maximum absolute atomic E-state index is 13.0. The highest BCUT2D eigenvalue weighted by Crippen LogP contribution is 2.40. The number of fused-ring (bicyclic) bond motifs is 1. The Labute approximate surface area is 139 Å². The van der Waals surface area contributed by atoms with E-state index in [1.165, 1.54) is 0 Å². The highest BCUT2D eigenvalue weighted by Gasteiger charge is 2.37. The van der Waals surface area contributed by atoms with Crippen LogP contribution in [0.1, 0.15) is 22.1 Å². The normalized spacial score (nSPS) is 16.6. The SMILES string of the molecule is O=C1[C@@H](Cc2nccs2)c2ccccc2N1Cc1ccccc1. The number of para-hydroxylation sites is 1. The molecule has 0 aliphatic carbocycles. The minimum atomic E-state index is -0.124. The van der Waals surface area contributed by atoms with Gasteiger partial charge in [0.15, 0.2) is 0 Å². The van der Waals surface area contributed by atoms with Gasteiger partial charge in [0.2, 0.25) is 5.91 Å². The summed E-state index contributed by atoms with van der Waals surface area (Å²) < 4.78 is 0. The van der Waals surface area contributed by atoms with Crippen molar-refractivity contribution in [3.63, 3.8) is 0 Å². The summed E-state index contributed by atoms with van der Waals surface area (Å²) in [4.78, 5) is 19.2. The lowest BCUT2D eigenvalue weighted by molar-refractivity contribution is -0.119. The zero-order chi connectivity index (χ0) is 15.6. The van der Waals surface area contributed by atoms with Gasteiger partial charge in [-0.05, 0) is 17.2 Å². The number of rotatable bonds is 4. The molecule has 4 heteroatoms. The van der Waals surface area contributed by atoms with Gasteiger partial charge in [0.25, 0.3) is 0 Å². The Morgan fingerprint density at radius 2 is 1.83 bits per heavy atom. The molecule has 3 aromatic rings. The van der Waals surface area contributed by atoms with E-state index in [1.807, 2.05) is 46.7 Å². The maximum Gasteiger partial charge on any atom is 0.235 e. The number of amides is 1. The number of thiazole rings is 1. The lowest BCUT2D eigenvalue weighted by Crippen LogP contribution is -2.28. The van der Waals surface area contributed by atoms with Gasteiger partial charge in [-0.25, -0.2) is 4.98 Å². The first-order valence-electron chi connectivity index (χ1n) is 7.65. The van der Waals surface area contributed by atoms with Crippen molar-refractivity contribution < 1.29 is 4.79 Å². The van der Waals surface area contributed by atoms with Crippen LogP contribution in [0.25, 0.3) is 0 Å². The Kier molecular flexibility index (Phi) is 3.67. The van der Waals surface area contributed by atoms with Crippen LogP contribution in [-0.4, -0.2) is 10.9 Å². The molecule has 1 atom stereocenters. The molecule has 0 saturated heterocycles. The number of carbonyl (C=O) groups excluding carboxylic acids is 1. The van der Waals surface area contributed by atoms with E-state index in [2.05, 4.69) is 23.2 Å². The summed E-state index contributed by atoms with van der Waals surface area (Å²) in [6.45, 7) is 0.616. The molecule has 114 valence electrons. The summed E-state index contributed by atoms with van der Waals surface area (Å²) >= 11 is 1.61. The van der Waals surface area contributed by atoms with E-state index in [0.29, 0.717) is 13.0 Å². The second-order valence-electron chi connectivity index (χ2n) is 5.65. The number of anilines is 1. The minimum Gasteiger partial charge on any atom is -0.307 e. The molecule has 0 radical (unpaired) electrons. The summed E-state index contributed by atoms with van der Waals surface area (Å²) in [6.07, 6.45) is 2.48. The molecule has 1 aliphatic rings. The molecule has 0 saturated carbocycles. The van der Waals surface area contributed by atoms with E-state index in [4.69, 9.17) is 0 Å². The van der Waals surface area contributed by atoms with Crippen molar-refractivity contribution in [3.05, 3.63) is 82.3 Å². The highest BCUT2D eigenvalue weighted by atomic mass is 32.1. The number of nitrogens with zero attached hydrogens (tertiary/aromatic N) is 2.